The van der Waals surface area contributed by atoms with Crippen LogP contribution in [0.1, 0.15) is 0 Å². The van der Waals surface area contributed by atoms with Gasteiger partial charge in [0.25, 0.3) is 0 Å². The number of nitrogens with zero attached hydrogens (tertiary/aromatic N) is 1. The van der Waals surface area contributed by atoms with E-state index in [9.17, 15) is 5.11 Å². The van der Waals surface area contributed by atoms with Crippen LogP contribution in [0, 0.1) is 0 Å². The van der Waals surface area contributed by atoms with E-state index in [2.05, 4.69) is 4.98 Å². The summed E-state index contributed by atoms with van der Waals surface area (Å²) >= 11 is 1.47. The number of rotatable bonds is 1. The highest BCUT2D eigenvalue weighted by molar-refractivity contribution is 7.13. The summed E-state index contributed by atoms with van der Waals surface area (Å²) in [4.78, 5) is 4.09. The van der Waals surface area contributed by atoms with Crippen LogP contribution < -0.4 is 5.73 Å². The molecule has 0 amide bonds. The zero-order valence-corrected chi connectivity index (χ0v) is 7.58. The van der Waals surface area contributed by atoms with Crippen LogP contribution in [-0.4, -0.2) is 10.1 Å². The summed E-state index contributed by atoms with van der Waals surface area (Å²) in [5.74, 6) is 0.109. The number of nitrogens with two attached hydrogens (primary N) is 1. The average Bonchev–Trinajstić information content (AvgIpc) is 2.62. The molecule has 0 saturated heterocycles. The molecule has 1 aromatic carbocycles. The van der Waals surface area contributed by atoms with Crippen molar-refractivity contribution in [2.45, 2.75) is 0 Å². The molecule has 1 aromatic heterocycles. The highest BCUT2D eigenvalue weighted by Gasteiger charge is 2.07. The van der Waals surface area contributed by atoms with Crippen LogP contribution in [-0.2, 0) is 0 Å². The van der Waals surface area contributed by atoms with Crippen molar-refractivity contribution < 1.29 is 5.11 Å². The Labute approximate surface area is 79.5 Å². The van der Waals surface area contributed by atoms with E-state index < -0.39 is 0 Å². The molecular weight excluding hydrogens is 184 g/mol. The first-order chi connectivity index (χ1) is 6.29. The van der Waals surface area contributed by atoms with Gasteiger partial charge >= 0.3 is 0 Å². The van der Waals surface area contributed by atoms with Gasteiger partial charge in [-0.05, 0) is 12.1 Å². The Morgan fingerprint density at radius 3 is 2.92 bits per heavy atom. The Hall–Kier alpha value is -1.55. The SMILES string of the molecule is Nc1cccc(-c2nccs2)c1O. The van der Waals surface area contributed by atoms with Gasteiger partial charge in [0, 0.05) is 11.6 Å². The third kappa shape index (κ3) is 1.36. The Kier molecular flexibility index (Phi) is 1.90. The van der Waals surface area contributed by atoms with Crippen molar-refractivity contribution in [3.63, 3.8) is 0 Å². The number of anilines is 1. The molecule has 0 atom stereocenters. The lowest BCUT2D eigenvalue weighted by Crippen LogP contribution is -1.86. The number of aromatic nitrogens is 1. The third-order valence-electron chi connectivity index (χ3n) is 1.73. The number of para-hydroxylation sites is 1. The lowest BCUT2D eigenvalue weighted by molar-refractivity contribution is 0.480. The van der Waals surface area contributed by atoms with Crippen LogP contribution >= 0.6 is 11.3 Å². The van der Waals surface area contributed by atoms with Gasteiger partial charge in [0.2, 0.25) is 0 Å². The lowest BCUT2D eigenvalue weighted by Gasteiger charge is -2.02. The van der Waals surface area contributed by atoms with Gasteiger partial charge in [-0.1, -0.05) is 6.07 Å². The number of hydrogen-bond donors (Lipinski definition) is 2. The molecule has 13 heavy (non-hydrogen) atoms. The van der Waals surface area contributed by atoms with Gasteiger partial charge in [0.15, 0.2) is 0 Å². The average molecular weight is 192 g/mol. The first kappa shape index (κ1) is 8.07. The second-order valence-electron chi connectivity index (χ2n) is 2.58. The number of phenolic OH excluding ortho intramolecular Hbond substituents is 1. The highest BCUT2D eigenvalue weighted by Crippen LogP contribution is 2.34. The second-order valence-corrected chi connectivity index (χ2v) is 3.48. The Morgan fingerprint density at radius 1 is 1.38 bits per heavy atom. The van der Waals surface area contributed by atoms with Gasteiger partial charge in [0.05, 0.1) is 11.3 Å². The fourth-order valence-electron chi connectivity index (χ4n) is 1.09. The number of phenols is 1. The van der Waals surface area contributed by atoms with E-state index in [4.69, 9.17) is 5.73 Å². The summed E-state index contributed by atoms with van der Waals surface area (Å²) < 4.78 is 0. The van der Waals surface area contributed by atoms with Gasteiger partial charge in [-0.2, -0.15) is 0 Å². The number of nitrogen functional groups attached to an aromatic ring is 1. The van der Waals surface area contributed by atoms with Crippen LogP contribution in [0.2, 0.25) is 0 Å². The van der Waals surface area contributed by atoms with Crippen molar-refractivity contribution in [3.05, 3.63) is 29.8 Å². The van der Waals surface area contributed by atoms with E-state index in [0.29, 0.717) is 11.3 Å². The number of thiazole rings is 1. The van der Waals surface area contributed by atoms with Crippen LogP contribution in [0.25, 0.3) is 10.6 Å². The standard InChI is InChI=1S/C9H8N2OS/c10-7-3-1-2-6(8(7)12)9-11-4-5-13-9/h1-5,12H,10H2. The molecule has 0 fully saturated rings. The minimum Gasteiger partial charge on any atom is -0.505 e. The number of hydrogen-bond acceptors (Lipinski definition) is 4. The van der Waals surface area contributed by atoms with Gasteiger partial charge < -0.3 is 10.8 Å². The van der Waals surface area contributed by atoms with Crippen molar-refractivity contribution in [3.8, 4) is 16.3 Å². The molecule has 0 unspecified atom stereocenters. The molecule has 2 aromatic rings. The maximum atomic E-state index is 9.61. The zero-order valence-electron chi connectivity index (χ0n) is 6.77. The smallest absolute Gasteiger partial charge is 0.148 e. The molecule has 0 saturated carbocycles. The first-order valence-corrected chi connectivity index (χ1v) is 4.64. The molecule has 4 heteroatoms. The maximum Gasteiger partial charge on any atom is 0.148 e. The molecule has 2 rings (SSSR count). The quantitative estimate of drug-likeness (QED) is 0.537. The van der Waals surface area contributed by atoms with Crippen molar-refractivity contribution in [1.82, 2.24) is 4.98 Å². The van der Waals surface area contributed by atoms with Crippen LogP contribution in [0.4, 0.5) is 5.69 Å². The van der Waals surface area contributed by atoms with Gasteiger partial charge in [-0.25, -0.2) is 4.98 Å². The van der Waals surface area contributed by atoms with E-state index in [-0.39, 0.29) is 5.75 Å². The Morgan fingerprint density at radius 2 is 2.23 bits per heavy atom. The molecule has 3 N–H and O–H groups in total. The molecule has 0 radical (unpaired) electrons. The normalized spacial score (nSPS) is 10.2. The molecular formula is C9H8N2OS. The van der Waals surface area contributed by atoms with E-state index in [1.807, 2.05) is 5.38 Å². The summed E-state index contributed by atoms with van der Waals surface area (Å²) in [5.41, 5.74) is 6.63. The topological polar surface area (TPSA) is 59.1 Å². The predicted octanol–water partition coefficient (Wildman–Crippen LogP) is 2.10. The molecule has 0 aliphatic carbocycles. The molecule has 66 valence electrons. The highest BCUT2D eigenvalue weighted by atomic mass is 32.1. The van der Waals surface area contributed by atoms with Crippen molar-refractivity contribution >= 4 is 17.0 Å². The van der Waals surface area contributed by atoms with Crippen LogP contribution in [0.5, 0.6) is 5.75 Å². The predicted molar refractivity (Wildman–Crippen MR) is 53.6 cm³/mol. The summed E-state index contributed by atoms with van der Waals surface area (Å²) in [7, 11) is 0. The van der Waals surface area contributed by atoms with E-state index in [1.54, 1.807) is 24.4 Å². The molecule has 3 nitrogen and oxygen atoms in total. The summed E-state index contributed by atoms with van der Waals surface area (Å²) in [6.07, 6.45) is 1.70. The van der Waals surface area contributed by atoms with Crippen LogP contribution in [0.15, 0.2) is 29.8 Å². The molecule has 0 spiro atoms. The van der Waals surface area contributed by atoms with Gasteiger partial charge in [0.1, 0.15) is 10.8 Å². The Bertz CT molecular complexity index is 412. The van der Waals surface area contributed by atoms with E-state index in [1.165, 1.54) is 11.3 Å². The van der Waals surface area contributed by atoms with Crippen molar-refractivity contribution in [2.24, 2.45) is 0 Å². The fraction of sp³-hybridized carbons (Fsp3) is 0. The van der Waals surface area contributed by atoms with Crippen molar-refractivity contribution in [2.75, 3.05) is 5.73 Å². The minimum atomic E-state index is 0.109. The number of aromatic hydroxyl groups is 1. The minimum absolute atomic E-state index is 0.109. The monoisotopic (exact) mass is 192 g/mol. The maximum absolute atomic E-state index is 9.61. The Balaban J connectivity index is 2.59. The van der Waals surface area contributed by atoms with Crippen LogP contribution in [0.3, 0.4) is 0 Å². The second kappa shape index (κ2) is 3.06. The molecule has 0 bridgehead atoms. The molecule has 0 aliphatic rings. The lowest BCUT2D eigenvalue weighted by atomic mass is 10.2. The van der Waals surface area contributed by atoms with Gasteiger partial charge in [-0.15, -0.1) is 11.3 Å². The first-order valence-electron chi connectivity index (χ1n) is 3.76. The van der Waals surface area contributed by atoms with Crippen molar-refractivity contribution in [1.29, 1.82) is 0 Å². The number of benzene rings is 1. The van der Waals surface area contributed by atoms with Gasteiger partial charge in [-0.3, -0.25) is 0 Å². The van der Waals surface area contributed by atoms with E-state index in [0.717, 1.165) is 5.01 Å². The summed E-state index contributed by atoms with van der Waals surface area (Å²) in [6.45, 7) is 0. The molecule has 1 heterocycles. The molecule has 0 aliphatic heterocycles. The summed E-state index contributed by atoms with van der Waals surface area (Å²) in [5, 5.41) is 12.3. The summed E-state index contributed by atoms with van der Waals surface area (Å²) in [6, 6.07) is 5.25. The zero-order chi connectivity index (χ0) is 9.26. The van der Waals surface area contributed by atoms with E-state index >= 15 is 0 Å². The third-order valence-corrected chi connectivity index (χ3v) is 2.54. The largest absolute Gasteiger partial charge is 0.505 e. The fourth-order valence-corrected chi connectivity index (χ4v) is 1.75.